The molecule has 0 aliphatic heterocycles. The first-order valence-electron chi connectivity index (χ1n) is 8.55. The van der Waals surface area contributed by atoms with E-state index in [-0.39, 0.29) is 11.8 Å². The highest BCUT2D eigenvalue weighted by molar-refractivity contribution is 9.10. The molecular weight excluding hydrogens is 412 g/mol. The molecule has 0 spiro atoms. The van der Waals surface area contributed by atoms with Crippen molar-refractivity contribution in [2.45, 2.75) is 12.8 Å². The van der Waals surface area contributed by atoms with Crippen LogP contribution in [0.25, 0.3) is 0 Å². The summed E-state index contributed by atoms with van der Waals surface area (Å²) in [6.07, 6.45) is 1.10. The topological polar surface area (TPSA) is 76.7 Å². The fourth-order valence-electron chi connectivity index (χ4n) is 2.33. The number of rotatable bonds is 9. The minimum atomic E-state index is -0.211. The first-order valence-corrected chi connectivity index (χ1v) is 9.35. The summed E-state index contributed by atoms with van der Waals surface area (Å²) in [5.41, 5.74) is 2.25. The van der Waals surface area contributed by atoms with Crippen LogP contribution in [0.5, 0.6) is 5.75 Å². The Kier molecular flexibility index (Phi) is 8.29. The second kappa shape index (κ2) is 10.7. The average molecular weight is 435 g/mol. The fraction of sp³-hybridized carbons (Fsp3) is 0.300. The number of carbonyl (C=O) groups excluding carboxylic acids is 2. The number of anilines is 1. The molecule has 2 amide bonds. The van der Waals surface area contributed by atoms with E-state index in [0.29, 0.717) is 47.5 Å². The van der Waals surface area contributed by atoms with Gasteiger partial charge in [-0.1, -0.05) is 12.1 Å². The summed E-state index contributed by atoms with van der Waals surface area (Å²) in [6, 6.07) is 12.6. The lowest BCUT2D eigenvalue weighted by Crippen LogP contribution is -2.17. The molecule has 0 fully saturated rings. The van der Waals surface area contributed by atoms with E-state index in [0.717, 1.165) is 5.56 Å². The zero-order chi connectivity index (χ0) is 19.6. The molecule has 7 heteroatoms. The zero-order valence-corrected chi connectivity index (χ0v) is 17.0. The number of carbonyl (C=O) groups is 2. The van der Waals surface area contributed by atoms with Crippen molar-refractivity contribution in [1.82, 2.24) is 5.32 Å². The number of hydrogen-bond donors (Lipinski definition) is 2. The number of aryl methyl sites for hydroxylation is 1. The Morgan fingerprint density at radius 2 is 1.81 bits per heavy atom. The van der Waals surface area contributed by atoms with E-state index in [4.69, 9.17) is 9.47 Å². The van der Waals surface area contributed by atoms with Crippen molar-refractivity contribution in [3.05, 3.63) is 58.1 Å². The summed E-state index contributed by atoms with van der Waals surface area (Å²) in [5.74, 6) is 0.453. The highest BCUT2D eigenvalue weighted by Gasteiger charge is 2.10. The first-order chi connectivity index (χ1) is 13.0. The van der Waals surface area contributed by atoms with E-state index in [1.165, 1.54) is 0 Å². The molecule has 0 unspecified atom stereocenters. The maximum absolute atomic E-state index is 12.4. The predicted molar refractivity (Wildman–Crippen MR) is 108 cm³/mol. The number of methoxy groups -OCH3 is 1. The molecule has 0 aliphatic carbocycles. The second-order valence-electron chi connectivity index (χ2n) is 5.81. The van der Waals surface area contributed by atoms with Crippen LogP contribution in [-0.2, 0) is 16.0 Å². The largest absolute Gasteiger partial charge is 0.490 e. The van der Waals surface area contributed by atoms with Gasteiger partial charge in [0, 0.05) is 31.8 Å². The van der Waals surface area contributed by atoms with E-state index >= 15 is 0 Å². The van der Waals surface area contributed by atoms with Crippen LogP contribution in [0.2, 0.25) is 0 Å². The van der Waals surface area contributed by atoms with Crippen molar-refractivity contribution in [3.63, 3.8) is 0 Å². The lowest BCUT2D eigenvalue weighted by molar-refractivity contribution is -0.120. The Morgan fingerprint density at radius 3 is 2.44 bits per heavy atom. The summed E-state index contributed by atoms with van der Waals surface area (Å²) in [6.45, 7) is 0.931. The van der Waals surface area contributed by atoms with Gasteiger partial charge in [0.05, 0.1) is 11.1 Å². The van der Waals surface area contributed by atoms with Gasteiger partial charge in [0.15, 0.2) is 0 Å². The van der Waals surface area contributed by atoms with Gasteiger partial charge < -0.3 is 20.1 Å². The highest BCUT2D eigenvalue weighted by atomic mass is 79.9. The van der Waals surface area contributed by atoms with Crippen LogP contribution in [-0.4, -0.2) is 39.2 Å². The Balaban J connectivity index is 1.94. The number of benzene rings is 2. The molecule has 0 radical (unpaired) electrons. The number of hydrogen-bond acceptors (Lipinski definition) is 4. The third kappa shape index (κ3) is 6.69. The molecule has 0 saturated carbocycles. The lowest BCUT2D eigenvalue weighted by Gasteiger charge is -2.10. The van der Waals surface area contributed by atoms with Gasteiger partial charge >= 0.3 is 0 Å². The molecule has 144 valence electrons. The second-order valence-corrected chi connectivity index (χ2v) is 6.67. The minimum absolute atomic E-state index is 0.00704. The lowest BCUT2D eigenvalue weighted by atomic mass is 10.1. The Hall–Kier alpha value is -2.38. The van der Waals surface area contributed by atoms with Gasteiger partial charge in [-0.05, 0) is 58.2 Å². The average Bonchev–Trinajstić information content (AvgIpc) is 2.68. The van der Waals surface area contributed by atoms with Crippen LogP contribution in [0.15, 0.2) is 46.9 Å². The van der Waals surface area contributed by atoms with Gasteiger partial charge in [-0.25, -0.2) is 0 Å². The highest BCUT2D eigenvalue weighted by Crippen LogP contribution is 2.26. The standard InChI is InChI=1S/C20H23BrN2O4/c1-22-19(24)10-5-14-3-7-16(8-4-14)23-20(25)15-6-9-18(17(21)13-15)27-12-11-26-2/h3-4,6-9,13H,5,10-12H2,1-2H3,(H,22,24)(H,23,25). The molecular formula is C20H23BrN2O4. The molecule has 2 aromatic carbocycles. The smallest absolute Gasteiger partial charge is 0.255 e. The normalized spacial score (nSPS) is 10.3. The van der Waals surface area contributed by atoms with E-state index < -0.39 is 0 Å². The van der Waals surface area contributed by atoms with E-state index in [2.05, 4.69) is 26.6 Å². The molecule has 0 saturated heterocycles. The zero-order valence-electron chi connectivity index (χ0n) is 15.4. The van der Waals surface area contributed by atoms with Crippen LogP contribution >= 0.6 is 15.9 Å². The molecule has 0 atom stereocenters. The van der Waals surface area contributed by atoms with E-state index in [9.17, 15) is 9.59 Å². The van der Waals surface area contributed by atoms with Gasteiger partial charge in [0.1, 0.15) is 12.4 Å². The van der Waals surface area contributed by atoms with Crippen molar-refractivity contribution in [2.75, 3.05) is 32.7 Å². The van der Waals surface area contributed by atoms with Crippen LogP contribution < -0.4 is 15.4 Å². The van der Waals surface area contributed by atoms with E-state index in [1.807, 2.05) is 24.3 Å². The van der Waals surface area contributed by atoms with E-state index in [1.54, 1.807) is 32.4 Å². The van der Waals surface area contributed by atoms with Crippen LogP contribution in [0.4, 0.5) is 5.69 Å². The summed E-state index contributed by atoms with van der Waals surface area (Å²) < 4.78 is 11.2. The van der Waals surface area contributed by atoms with Crippen molar-refractivity contribution in [2.24, 2.45) is 0 Å². The quantitative estimate of drug-likeness (QED) is 0.592. The molecule has 0 heterocycles. The fourth-order valence-corrected chi connectivity index (χ4v) is 2.83. The number of nitrogens with one attached hydrogen (secondary N) is 2. The van der Waals surface area contributed by atoms with Gasteiger partial charge in [0.25, 0.3) is 5.91 Å². The summed E-state index contributed by atoms with van der Waals surface area (Å²) in [5, 5.41) is 5.46. The Morgan fingerprint density at radius 1 is 1.07 bits per heavy atom. The van der Waals surface area contributed by atoms with Crippen molar-refractivity contribution < 1.29 is 19.1 Å². The van der Waals surface area contributed by atoms with Gasteiger partial charge in [-0.2, -0.15) is 0 Å². The number of ether oxygens (including phenoxy) is 2. The minimum Gasteiger partial charge on any atom is -0.490 e. The molecule has 0 aromatic heterocycles. The molecule has 27 heavy (non-hydrogen) atoms. The maximum Gasteiger partial charge on any atom is 0.255 e. The first kappa shape index (κ1) is 20.9. The third-order valence-electron chi connectivity index (χ3n) is 3.87. The molecule has 6 nitrogen and oxygen atoms in total. The van der Waals surface area contributed by atoms with Gasteiger partial charge in [0.2, 0.25) is 5.91 Å². The van der Waals surface area contributed by atoms with Crippen molar-refractivity contribution >= 4 is 33.4 Å². The molecule has 0 aliphatic rings. The number of amides is 2. The van der Waals surface area contributed by atoms with Crippen LogP contribution in [0.3, 0.4) is 0 Å². The molecule has 2 N–H and O–H groups in total. The van der Waals surface area contributed by atoms with Crippen LogP contribution in [0, 0.1) is 0 Å². The molecule has 2 aromatic rings. The number of halogens is 1. The monoisotopic (exact) mass is 434 g/mol. The molecule has 2 rings (SSSR count). The SMILES string of the molecule is CNC(=O)CCc1ccc(NC(=O)c2ccc(OCCOC)c(Br)c2)cc1. The van der Waals surface area contributed by atoms with Crippen molar-refractivity contribution in [3.8, 4) is 5.75 Å². The molecule has 0 bridgehead atoms. The summed E-state index contributed by atoms with van der Waals surface area (Å²) in [7, 11) is 3.23. The van der Waals surface area contributed by atoms with Gasteiger partial charge in [-0.3, -0.25) is 9.59 Å². The maximum atomic E-state index is 12.4. The van der Waals surface area contributed by atoms with Crippen LogP contribution in [0.1, 0.15) is 22.3 Å². The Labute approximate surface area is 167 Å². The summed E-state index contributed by atoms with van der Waals surface area (Å²) >= 11 is 3.42. The van der Waals surface area contributed by atoms with Gasteiger partial charge in [-0.15, -0.1) is 0 Å². The Bertz CT molecular complexity index is 778. The summed E-state index contributed by atoms with van der Waals surface area (Å²) in [4.78, 5) is 23.7. The van der Waals surface area contributed by atoms with Crippen molar-refractivity contribution in [1.29, 1.82) is 0 Å². The third-order valence-corrected chi connectivity index (χ3v) is 4.49. The predicted octanol–water partition coefficient (Wildman–Crippen LogP) is 3.41.